The highest BCUT2D eigenvalue weighted by Crippen LogP contribution is 2.18. The Balaban J connectivity index is 2.82. The first-order valence-corrected chi connectivity index (χ1v) is 5.02. The molecule has 0 bridgehead atoms. The zero-order chi connectivity index (χ0) is 12.8. The quantitative estimate of drug-likeness (QED) is 0.347. The summed E-state index contributed by atoms with van der Waals surface area (Å²) in [5.74, 6) is 0.412. The number of hydrogen-bond donors (Lipinski definition) is 0. The topological polar surface area (TPSA) is 59.3 Å². The Labute approximate surface area is 100 Å². The minimum atomic E-state index is -0.641. The number of rotatable bonds is 3. The molecule has 0 aliphatic rings. The standard InChI is InChI=1S/C13H13NO3/c1-9(2)12(8-14)13(15)17-11-6-4-10(16-3)5-7-11/h4-7H,1-3H3. The molecule has 0 aliphatic carbocycles. The second-order valence-electron chi connectivity index (χ2n) is 3.55. The van der Waals surface area contributed by atoms with Crippen LogP contribution in [0.2, 0.25) is 0 Å². The lowest BCUT2D eigenvalue weighted by Crippen LogP contribution is -2.11. The van der Waals surface area contributed by atoms with E-state index in [2.05, 4.69) is 0 Å². The molecule has 0 saturated carbocycles. The van der Waals surface area contributed by atoms with Crippen molar-refractivity contribution in [3.05, 3.63) is 35.4 Å². The zero-order valence-electron chi connectivity index (χ0n) is 9.98. The molecule has 4 nitrogen and oxygen atoms in total. The summed E-state index contributed by atoms with van der Waals surface area (Å²) in [7, 11) is 1.55. The van der Waals surface area contributed by atoms with Crippen LogP contribution >= 0.6 is 0 Å². The van der Waals surface area contributed by atoms with Crippen LogP contribution in [-0.2, 0) is 4.79 Å². The number of allylic oxidation sites excluding steroid dienone is 1. The number of methoxy groups -OCH3 is 1. The summed E-state index contributed by atoms with van der Waals surface area (Å²) in [6, 6.07) is 8.40. The van der Waals surface area contributed by atoms with Gasteiger partial charge in [-0.2, -0.15) is 5.26 Å². The normalized spacial score (nSPS) is 9.06. The molecule has 0 amide bonds. The predicted molar refractivity (Wildman–Crippen MR) is 62.6 cm³/mol. The Hall–Kier alpha value is -2.28. The molecule has 17 heavy (non-hydrogen) atoms. The predicted octanol–water partition coefficient (Wildman–Crippen LogP) is 2.46. The summed E-state index contributed by atoms with van der Waals surface area (Å²) in [5.41, 5.74) is 0.659. The molecular formula is C13H13NO3. The summed E-state index contributed by atoms with van der Waals surface area (Å²) >= 11 is 0. The molecule has 0 N–H and O–H groups in total. The van der Waals surface area contributed by atoms with Gasteiger partial charge in [0.15, 0.2) is 0 Å². The Morgan fingerprint density at radius 2 is 1.71 bits per heavy atom. The minimum absolute atomic E-state index is 0.0285. The summed E-state index contributed by atoms with van der Waals surface area (Å²) in [5, 5.41) is 8.80. The fourth-order valence-electron chi connectivity index (χ4n) is 1.16. The Kier molecular flexibility index (Phi) is 4.29. The third-order valence-electron chi connectivity index (χ3n) is 2.09. The number of benzene rings is 1. The number of esters is 1. The van der Waals surface area contributed by atoms with E-state index in [1.54, 1.807) is 45.2 Å². The maximum atomic E-state index is 11.6. The van der Waals surface area contributed by atoms with E-state index in [-0.39, 0.29) is 5.57 Å². The third-order valence-corrected chi connectivity index (χ3v) is 2.09. The van der Waals surface area contributed by atoms with E-state index >= 15 is 0 Å². The molecule has 0 unspecified atom stereocenters. The number of nitrogens with zero attached hydrogens (tertiary/aromatic N) is 1. The molecule has 1 rings (SSSR count). The first-order valence-electron chi connectivity index (χ1n) is 5.02. The van der Waals surface area contributed by atoms with Gasteiger partial charge in [0, 0.05) is 0 Å². The highest BCUT2D eigenvalue weighted by molar-refractivity contribution is 5.94. The van der Waals surface area contributed by atoms with Gasteiger partial charge in [0.2, 0.25) is 0 Å². The first-order chi connectivity index (χ1) is 8.08. The molecule has 0 aromatic heterocycles. The molecule has 0 radical (unpaired) electrons. The van der Waals surface area contributed by atoms with Crippen LogP contribution in [0.25, 0.3) is 0 Å². The van der Waals surface area contributed by atoms with Crippen molar-refractivity contribution in [1.29, 1.82) is 5.26 Å². The van der Waals surface area contributed by atoms with E-state index in [4.69, 9.17) is 14.7 Å². The summed E-state index contributed by atoms with van der Waals surface area (Å²) < 4.78 is 10.0. The maximum absolute atomic E-state index is 11.6. The molecule has 0 fully saturated rings. The van der Waals surface area contributed by atoms with Crippen molar-refractivity contribution in [2.75, 3.05) is 7.11 Å². The highest BCUT2D eigenvalue weighted by Gasteiger charge is 2.13. The molecule has 0 saturated heterocycles. The van der Waals surface area contributed by atoms with Gasteiger partial charge in [-0.05, 0) is 38.1 Å². The van der Waals surface area contributed by atoms with Crippen LogP contribution in [0.5, 0.6) is 11.5 Å². The lowest BCUT2D eigenvalue weighted by molar-refractivity contribution is -0.129. The molecule has 0 atom stereocenters. The van der Waals surface area contributed by atoms with Gasteiger partial charge in [-0.15, -0.1) is 0 Å². The van der Waals surface area contributed by atoms with Crippen molar-refractivity contribution >= 4 is 5.97 Å². The number of ether oxygens (including phenoxy) is 2. The van der Waals surface area contributed by atoms with Gasteiger partial charge >= 0.3 is 5.97 Å². The third kappa shape index (κ3) is 3.35. The van der Waals surface area contributed by atoms with Gasteiger partial charge in [0.05, 0.1) is 7.11 Å². The molecule has 0 spiro atoms. The van der Waals surface area contributed by atoms with Crippen molar-refractivity contribution in [2.24, 2.45) is 0 Å². The smallest absolute Gasteiger partial charge is 0.354 e. The van der Waals surface area contributed by atoms with E-state index in [1.807, 2.05) is 6.07 Å². The van der Waals surface area contributed by atoms with E-state index in [0.29, 0.717) is 17.1 Å². The number of carbonyl (C=O) groups excluding carboxylic acids is 1. The highest BCUT2D eigenvalue weighted by atomic mass is 16.5. The summed E-state index contributed by atoms with van der Waals surface area (Å²) in [6.45, 7) is 3.38. The van der Waals surface area contributed by atoms with Crippen molar-refractivity contribution in [1.82, 2.24) is 0 Å². The molecule has 1 aromatic carbocycles. The van der Waals surface area contributed by atoms with Crippen molar-refractivity contribution in [3.63, 3.8) is 0 Å². The Morgan fingerprint density at radius 3 is 2.12 bits per heavy atom. The second-order valence-corrected chi connectivity index (χ2v) is 3.55. The number of hydrogen-bond acceptors (Lipinski definition) is 4. The molecular weight excluding hydrogens is 218 g/mol. The molecule has 0 heterocycles. The van der Waals surface area contributed by atoms with Gasteiger partial charge in [-0.3, -0.25) is 0 Å². The van der Waals surface area contributed by atoms with E-state index in [0.717, 1.165) is 0 Å². The molecule has 88 valence electrons. The van der Waals surface area contributed by atoms with Gasteiger partial charge < -0.3 is 9.47 Å². The number of carbonyl (C=O) groups is 1. The zero-order valence-corrected chi connectivity index (χ0v) is 9.98. The van der Waals surface area contributed by atoms with Gasteiger partial charge in [0.1, 0.15) is 23.1 Å². The average Bonchev–Trinajstić information content (AvgIpc) is 2.30. The van der Waals surface area contributed by atoms with Crippen LogP contribution in [0, 0.1) is 11.3 Å². The number of nitriles is 1. The minimum Gasteiger partial charge on any atom is -0.497 e. The van der Waals surface area contributed by atoms with Crippen LogP contribution < -0.4 is 9.47 Å². The molecule has 0 aliphatic heterocycles. The van der Waals surface area contributed by atoms with Crippen LogP contribution in [0.3, 0.4) is 0 Å². The van der Waals surface area contributed by atoms with E-state index in [1.165, 1.54) is 0 Å². The average molecular weight is 231 g/mol. The maximum Gasteiger partial charge on any atom is 0.354 e. The SMILES string of the molecule is COc1ccc(OC(=O)C(C#N)=C(C)C)cc1. The van der Waals surface area contributed by atoms with Crippen LogP contribution in [-0.4, -0.2) is 13.1 Å². The van der Waals surface area contributed by atoms with Gasteiger partial charge in [-0.25, -0.2) is 4.79 Å². The lowest BCUT2D eigenvalue weighted by Gasteiger charge is -2.05. The lowest BCUT2D eigenvalue weighted by atomic mass is 10.2. The van der Waals surface area contributed by atoms with Gasteiger partial charge in [0.25, 0.3) is 0 Å². The van der Waals surface area contributed by atoms with Crippen molar-refractivity contribution in [2.45, 2.75) is 13.8 Å². The van der Waals surface area contributed by atoms with Gasteiger partial charge in [-0.1, -0.05) is 5.57 Å². The fourth-order valence-corrected chi connectivity index (χ4v) is 1.16. The second kappa shape index (κ2) is 5.71. The first kappa shape index (κ1) is 12.8. The van der Waals surface area contributed by atoms with Crippen LogP contribution in [0.15, 0.2) is 35.4 Å². The van der Waals surface area contributed by atoms with E-state index in [9.17, 15) is 4.79 Å². The summed E-state index contributed by atoms with van der Waals surface area (Å²) in [6.07, 6.45) is 0. The largest absolute Gasteiger partial charge is 0.497 e. The van der Waals surface area contributed by atoms with Crippen molar-refractivity contribution in [3.8, 4) is 17.6 Å². The van der Waals surface area contributed by atoms with Crippen molar-refractivity contribution < 1.29 is 14.3 Å². The molecule has 1 aromatic rings. The van der Waals surface area contributed by atoms with Crippen LogP contribution in [0.1, 0.15) is 13.8 Å². The fraction of sp³-hybridized carbons (Fsp3) is 0.231. The molecule has 4 heteroatoms. The monoisotopic (exact) mass is 231 g/mol. The van der Waals surface area contributed by atoms with Crippen LogP contribution in [0.4, 0.5) is 0 Å². The Bertz CT molecular complexity index is 476. The van der Waals surface area contributed by atoms with E-state index < -0.39 is 5.97 Å². The summed E-state index contributed by atoms with van der Waals surface area (Å²) in [4.78, 5) is 11.6. The Morgan fingerprint density at radius 1 is 1.18 bits per heavy atom.